The molecular weight excluding hydrogens is 301 g/mol. The Balaban J connectivity index is 2.33. The molecule has 0 fully saturated rings. The first-order chi connectivity index (χ1) is 7.97. The minimum Gasteiger partial charge on any atom is -0.234 e. The Morgan fingerprint density at radius 1 is 1.18 bits per heavy atom. The summed E-state index contributed by atoms with van der Waals surface area (Å²) in [6.07, 6.45) is 1.46. The van der Waals surface area contributed by atoms with Crippen LogP contribution in [0.2, 0.25) is 10.0 Å². The second-order valence-corrected chi connectivity index (χ2v) is 7.27. The van der Waals surface area contributed by atoms with Crippen LogP contribution in [0.15, 0.2) is 34.1 Å². The topological polar surface area (TPSA) is 47.0 Å². The Labute approximate surface area is 113 Å². The number of benzene rings is 1. The number of halogens is 2. The van der Waals surface area contributed by atoms with Crippen molar-refractivity contribution in [2.45, 2.75) is 10.1 Å². The maximum absolute atomic E-state index is 11.9. The van der Waals surface area contributed by atoms with Gasteiger partial charge in [-0.25, -0.2) is 13.4 Å². The minimum absolute atomic E-state index is 0.105. The summed E-state index contributed by atoms with van der Waals surface area (Å²) in [7, 11) is -3.41. The van der Waals surface area contributed by atoms with Gasteiger partial charge in [0.25, 0.3) is 0 Å². The molecule has 0 saturated carbocycles. The van der Waals surface area contributed by atoms with Crippen LogP contribution in [0.5, 0.6) is 0 Å². The standard InChI is InChI=1S/C10H7Cl2NO2S2/c11-8-3-7(4-9(12)5-8)6-17(14,15)10-13-1-2-16-10/h1-5H,6H2. The van der Waals surface area contributed by atoms with E-state index in [0.717, 1.165) is 11.3 Å². The van der Waals surface area contributed by atoms with E-state index in [9.17, 15) is 8.42 Å². The summed E-state index contributed by atoms with van der Waals surface area (Å²) in [4.78, 5) is 3.79. The van der Waals surface area contributed by atoms with Crippen molar-refractivity contribution in [2.24, 2.45) is 0 Å². The molecule has 0 aliphatic rings. The molecule has 1 aromatic heterocycles. The van der Waals surface area contributed by atoms with E-state index in [-0.39, 0.29) is 10.1 Å². The quantitative estimate of drug-likeness (QED) is 0.873. The number of nitrogens with zero attached hydrogens (tertiary/aromatic N) is 1. The van der Waals surface area contributed by atoms with Gasteiger partial charge in [-0.1, -0.05) is 23.2 Å². The average Bonchev–Trinajstić information content (AvgIpc) is 2.67. The van der Waals surface area contributed by atoms with Crippen molar-refractivity contribution in [2.75, 3.05) is 0 Å². The fraction of sp³-hybridized carbons (Fsp3) is 0.100. The molecule has 0 unspecified atom stereocenters. The van der Waals surface area contributed by atoms with E-state index in [1.54, 1.807) is 23.6 Å². The second-order valence-electron chi connectivity index (χ2n) is 3.33. The summed E-state index contributed by atoms with van der Waals surface area (Å²) >= 11 is 12.7. The summed E-state index contributed by atoms with van der Waals surface area (Å²) in [5.74, 6) is -0.152. The van der Waals surface area contributed by atoms with Gasteiger partial charge in [-0.05, 0) is 23.8 Å². The molecule has 0 spiro atoms. The van der Waals surface area contributed by atoms with Gasteiger partial charge in [0.1, 0.15) is 0 Å². The number of thiazole rings is 1. The molecule has 3 nitrogen and oxygen atoms in total. The van der Waals surface area contributed by atoms with Crippen molar-refractivity contribution in [3.05, 3.63) is 45.4 Å². The molecule has 0 aliphatic carbocycles. The van der Waals surface area contributed by atoms with E-state index < -0.39 is 9.84 Å². The maximum Gasteiger partial charge on any atom is 0.209 e. The van der Waals surface area contributed by atoms with Crippen molar-refractivity contribution in [3.63, 3.8) is 0 Å². The molecule has 0 bridgehead atoms. The molecule has 0 saturated heterocycles. The molecule has 1 heterocycles. The summed E-state index contributed by atoms with van der Waals surface area (Å²) in [5.41, 5.74) is 0.553. The minimum atomic E-state index is -3.41. The largest absolute Gasteiger partial charge is 0.234 e. The molecule has 0 atom stereocenters. The van der Waals surface area contributed by atoms with Gasteiger partial charge < -0.3 is 0 Å². The predicted molar refractivity (Wildman–Crippen MR) is 69.5 cm³/mol. The summed E-state index contributed by atoms with van der Waals surface area (Å²) in [5, 5.41) is 2.46. The van der Waals surface area contributed by atoms with Crippen molar-refractivity contribution in [1.29, 1.82) is 0 Å². The monoisotopic (exact) mass is 307 g/mol. The van der Waals surface area contributed by atoms with Gasteiger partial charge in [0.15, 0.2) is 0 Å². The molecule has 1 aromatic carbocycles. The van der Waals surface area contributed by atoms with Crippen molar-refractivity contribution >= 4 is 44.4 Å². The lowest BCUT2D eigenvalue weighted by Gasteiger charge is -2.03. The molecule has 0 N–H and O–H groups in total. The number of aromatic nitrogens is 1. The average molecular weight is 308 g/mol. The summed E-state index contributed by atoms with van der Waals surface area (Å²) in [6.45, 7) is 0. The SMILES string of the molecule is O=S(=O)(Cc1cc(Cl)cc(Cl)c1)c1nccs1. The van der Waals surface area contributed by atoms with Crippen LogP contribution >= 0.6 is 34.5 Å². The highest BCUT2D eigenvalue weighted by molar-refractivity contribution is 7.92. The van der Waals surface area contributed by atoms with Gasteiger partial charge in [-0.2, -0.15) is 0 Å². The first-order valence-corrected chi connectivity index (χ1v) is 7.83. The number of sulfone groups is 1. The summed E-state index contributed by atoms with van der Waals surface area (Å²) < 4.78 is 24.0. The normalized spacial score (nSPS) is 11.6. The van der Waals surface area contributed by atoms with Crippen LogP contribution in [0.4, 0.5) is 0 Å². The first-order valence-electron chi connectivity index (χ1n) is 4.54. The second kappa shape index (κ2) is 4.94. The van der Waals surface area contributed by atoms with Gasteiger partial charge in [-0.3, -0.25) is 0 Å². The zero-order valence-corrected chi connectivity index (χ0v) is 11.6. The molecule has 0 aliphatic heterocycles. The molecule has 0 amide bonds. The van der Waals surface area contributed by atoms with Crippen LogP contribution in [-0.2, 0) is 15.6 Å². The lowest BCUT2D eigenvalue weighted by molar-refractivity contribution is 0.594. The van der Waals surface area contributed by atoms with Gasteiger partial charge in [0.05, 0.1) is 5.75 Å². The summed E-state index contributed by atoms with van der Waals surface area (Å²) in [6, 6.07) is 4.72. The maximum atomic E-state index is 11.9. The highest BCUT2D eigenvalue weighted by Gasteiger charge is 2.18. The number of hydrogen-bond donors (Lipinski definition) is 0. The fourth-order valence-electron chi connectivity index (χ4n) is 1.34. The molecule has 2 rings (SSSR count). The third kappa shape index (κ3) is 3.19. The molecule has 90 valence electrons. The van der Waals surface area contributed by atoms with Crippen molar-refractivity contribution in [3.8, 4) is 0 Å². The van der Waals surface area contributed by atoms with Crippen LogP contribution in [0.1, 0.15) is 5.56 Å². The van der Waals surface area contributed by atoms with Gasteiger partial charge in [-0.15, -0.1) is 11.3 Å². The van der Waals surface area contributed by atoms with Gasteiger partial charge in [0, 0.05) is 21.6 Å². The van der Waals surface area contributed by atoms with E-state index in [1.165, 1.54) is 6.20 Å². The smallest absolute Gasteiger partial charge is 0.209 e. The Hall–Kier alpha value is -0.620. The van der Waals surface area contributed by atoms with Gasteiger partial charge >= 0.3 is 0 Å². The van der Waals surface area contributed by atoms with Crippen LogP contribution in [-0.4, -0.2) is 13.4 Å². The fourth-order valence-corrected chi connectivity index (χ4v) is 4.15. The van der Waals surface area contributed by atoms with Crippen LogP contribution < -0.4 is 0 Å². The van der Waals surface area contributed by atoms with Gasteiger partial charge in [0.2, 0.25) is 14.2 Å². The molecule has 17 heavy (non-hydrogen) atoms. The third-order valence-corrected chi connectivity index (χ3v) is 5.36. The number of hydrogen-bond acceptors (Lipinski definition) is 4. The lowest BCUT2D eigenvalue weighted by atomic mass is 10.2. The van der Waals surface area contributed by atoms with Crippen LogP contribution in [0.3, 0.4) is 0 Å². The highest BCUT2D eigenvalue weighted by atomic mass is 35.5. The van der Waals surface area contributed by atoms with Crippen LogP contribution in [0.25, 0.3) is 0 Å². The zero-order chi connectivity index (χ0) is 12.5. The molecule has 0 radical (unpaired) electrons. The van der Waals surface area contributed by atoms with E-state index in [2.05, 4.69) is 4.98 Å². The Bertz CT molecular complexity index is 604. The molecular formula is C10H7Cl2NO2S2. The molecule has 2 aromatic rings. The van der Waals surface area contributed by atoms with Crippen molar-refractivity contribution in [1.82, 2.24) is 4.98 Å². The number of rotatable bonds is 3. The zero-order valence-electron chi connectivity index (χ0n) is 8.43. The van der Waals surface area contributed by atoms with E-state index in [4.69, 9.17) is 23.2 Å². The Kier molecular flexibility index (Phi) is 3.73. The lowest BCUT2D eigenvalue weighted by Crippen LogP contribution is -2.04. The Morgan fingerprint density at radius 3 is 2.35 bits per heavy atom. The Morgan fingerprint density at radius 2 is 1.82 bits per heavy atom. The predicted octanol–water partition coefficient (Wildman–Crippen LogP) is 3.42. The van der Waals surface area contributed by atoms with E-state index in [1.807, 2.05) is 0 Å². The molecule has 7 heteroatoms. The first kappa shape index (κ1) is 12.8. The van der Waals surface area contributed by atoms with E-state index in [0.29, 0.717) is 15.6 Å². The van der Waals surface area contributed by atoms with Crippen LogP contribution in [0, 0.1) is 0 Å². The van der Waals surface area contributed by atoms with Crippen molar-refractivity contribution < 1.29 is 8.42 Å². The third-order valence-electron chi connectivity index (χ3n) is 1.95. The van der Waals surface area contributed by atoms with E-state index >= 15 is 0 Å². The highest BCUT2D eigenvalue weighted by Crippen LogP contribution is 2.23.